The molecule has 0 fully saturated rings. The average molecular weight is 205 g/mol. The lowest BCUT2D eigenvalue weighted by Gasteiger charge is -2.09. The number of benzene rings is 1. The first kappa shape index (κ1) is 10.0. The highest BCUT2D eigenvalue weighted by Crippen LogP contribution is 2.21. The summed E-state index contributed by atoms with van der Waals surface area (Å²) in [7, 11) is 0. The second-order valence-electron chi connectivity index (χ2n) is 3.38. The lowest BCUT2D eigenvalue weighted by atomic mass is 10.2. The van der Waals surface area contributed by atoms with Crippen molar-refractivity contribution in [3.63, 3.8) is 0 Å². The van der Waals surface area contributed by atoms with E-state index in [1.54, 1.807) is 0 Å². The Morgan fingerprint density at radius 1 is 1.40 bits per heavy atom. The third-order valence-electron chi connectivity index (χ3n) is 2.16. The van der Waals surface area contributed by atoms with E-state index in [2.05, 4.69) is 11.9 Å². The summed E-state index contributed by atoms with van der Waals surface area (Å²) < 4.78 is 11.1. The van der Waals surface area contributed by atoms with Crippen molar-refractivity contribution in [1.82, 2.24) is 0 Å². The van der Waals surface area contributed by atoms with Gasteiger partial charge in [-0.25, -0.2) is 4.99 Å². The largest absolute Gasteiger partial charge is 0.493 e. The first-order valence-electron chi connectivity index (χ1n) is 5.31. The molecule has 3 nitrogen and oxygen atoms in total. The summed E-state index contributed by atoms with van der Waals surface area (Å²) in [5.41, 5.74) is 0.962. The van der Waals surface area contributed by atoms with E-state index in [0.29, 0.717) is 12.5 Å². The predicted octanol–water partition coefficient (Wildman–Crippen LogP) is 2.25. The third-order valence-corrected chi connectivity index (χ3v) is 2.16. The molecule has 1 aliphatic rings. The Labute approximate surface area is 89.7 Å². The van der Waals surface area contributed by atoms with Crippen LogP contribution in [-0.4, -0.2) is 25.7 Å². The molecule has 0 aliphatic carbocycles. The molecule has 0 bridgehead atoms. The summed E-state index contributed by atoms with van der Waals surface area (Å²) in [6.45, 7) is 4.24. The monoisotopic (exact) mass is 205 g/mol. The molecule has 1 aromatic rings. The fraction of sp³-hybridized carbons (Fsp3) is 0.417. The van der Waals surface area contributed by atoms with Gasteiger partial charge in [-0.05, 0) is 18.6 Å². The molecule has 0 spiro atoms. The first-order chi connectivity index (χ1) is 7.42. The summed E-state index contributed by atoms with van der Waals surface area (Å²) in [6, 6.07) is 7.87. The van der Waals surface area contributed by atoms with Crippen LogP contribution in [0.15, 0.2) is 29.3 Å². The molecule has 2 rings (SSSR count). The minimum Gasteiger partial charge on any atom is -0.493 e. The van der Waals surface area contributed by atoms with Crippen molar-refractivity contribution in [2.24, 2.45) is 4.99 Å². The van der Waals surface area contributed by atoms with Gasteiger partial charge in [0, 0.05) is 0 Å². The third kappa shape index (κ3) is 2.29. The highest BCUT2D eigenvalue weighted by atomic mass is 16.5. The molecular weight excluding hydrogens is 190 g/mol. The molecule has 0 atom stereocenters. The van der Waals surface area contributed by atoms with Gasteiger partial charge in [-0.2, -0.15) is 0 Å². The van der Waals surface area contributed by atoms with Crippen LogP contribution in [-0.2, 0) is 4.74 Å². The van der Waals surface area contributed by atoms with Gasteiger partial charge in [0.05, 0.1) is 18.7 Å². The summed E-state index contributed by atoms with van der Waals surface area (Å²) >= 11 is 0. The fourth-order valence-electron chi connectivity index (χ4n) is 1.48. The maximum atomic E-state index is 5.64. The van der Waals surface area contributed by atoms with Gasteiger partial charge >= 0.3 is 0 Å². The summed E-state index contributed by atoms with van der Waals surface area (Å²) in [5.74, 6) is 1.57. The number of aliphatic imine (C=N–C) groups is 1. The summed E-state index contributed by atoms with van der Waals surface area (Å²) in [4.78, 5) is 4.29. The average Bonchev–Trinajstić information content (AvgIpc) is 2.80. The Hall–Kier alpha value is -1.51. The molecule has 15 heavy (non-hydrogen) atoms. The fourth-order valence-corrected chi connectivity index (χ4v) is 1.48. The predicted molar refractivity (Wildman–Crippen MR) is 59.6 cm³/mol. The maximum Gasteiger partial charge on any atom is 0.220 e. The number of nitrogens with zero attached hydrogens (tertiary/aromatic N) is 1. The van der Waals surface area contributed by atoms with E-state index in [4.69, 9.17) is 9.47 Å². The molecule has 0 radical (unpaired) electrons. The topological polar surface area (TPSA) is 30.8 Å². The van der Waals surface area contributed by atoms with Crippen LogP contribution in [0.2, 0.25) is 0 Å². The highest BCUT2D eigenvalue weighted by molar-refractivity contribution is 5.97. The molecule has 0 N–H and O–H groups in total. The van der Waals surface area contributed by atoms with E-state index in [9.17, 15) is 0 Å². The Morgan fingerprint density at radius 2 is 2.27 bits per heavy atom. The van der Waals surface area contributed by atoms with Crippen molar-refractivity contribution in [1.29, 1.82) is 0 Å². The number of rotatable bonds is 4. The molecule has 1 heterocycles. The molecule has 80 valence electrons. The van der Waals surface area contributed by atoms with E-state index >= 15 is 0 Å². The second-order valence-corrected chi connectivity index (χ2v) is 3.38. The van der Waals surface area contributed by atoms with Crippen LogP contribution >= 0.6 is 0 Å². The molecule has 0 saturated heterocycles. The van der Waals surface area contributed by atoms with Crippen molar-refractivity contribution in [2.45, 2.75) is 13.3 Å². The van der Waals surface area contributed by atoms with Crippen LogP contribution < -0.4 is 4.74 Å². The van der Waals surface area contributed by atoms with Crippen molar-refractivity contribution in [2.75, 3.05) is 19.8 Å². The second kappa shape index (κ2) is 4.82. The van der Waals surface area contributed by atoms with Gasteiger partial charge < -0.3 is 9.47 Å². The Morgan fingerprint density at radius 3 is 3.00 bits per heavy atom. The number of para-hydroxylation sites is 1. The molecule has 1 aliphatic heterocycles. The highest BCUT2D eigenvalue weighted by Gasteiger charge is 2.14. The maximum absolute atomic E-state index is 5.64. The van der Waals surface area contributed by atoms with Crippen molar-refractivity contribution in [3.8, 4) is 5.75 Å². The van der Waals surface area contributed by atoms with E-state index in [-0.39, 0.29) is 0 Å². The van der Waals surface area contributed by atoms with E-state index in [1.807, 2.05) is 24.3 Å². The molecule has 0 aromatic heterocycles. The lowest BCUT2D eigenvalue weighted by Crippen LogP contribution is -2.05. The normalized spacial score (nSPS) is 14.6. The zero-order chi connectivity index (χ0) is 10.5. The quantitative estimate of drug-likeness (QED) is 0.754. The zero-order valence-corrected chi connectivity index (χ0v) is 8.90. The molecular formula is C12H15NO2. The number of ether oxygens (including phenoxy) is 2. The van der Waals surface area contributed by atoms with Gasteiger partial charge in [0.25, 0.3) is 0 Å². The van der Waals surface area contributed by atoms with Crippen molar-refractivity contribution < 1.29 is 9.47 Å². The van der Waals surface area contributed by atoms with E-state index in [0.717, 1.165) is 30.9 Å². The van der Waals surface area contributed by atoms with Gasteiger partial charge in [-0.1, -0.05) is 19.1 Å². The minimum atomic E-state index is 0.678. The van der Waals surface area contributed by atoms with Gasteiger partial charge in [-0.15, -0.1) is 0 Å². The van der Waals surface area contributed by atoms with Crippen LogP contribution in [0.5, 0.6) is 5.75 Å². The van der Waals surface area contributed by atoms with E-state index < -0.39 is 0 Å². The molecule has 0 saturated carbocycles. The van der Waals surface area contributed by atoms with Crippen LogP contribution in [0.1, 0.15) is 18.9 Å². The summed E-state index contributed by atoms with van der Waals surface area (Å²) in [5, 5.41) is 0. The van der Waals surface area contributed by atoms with Crippen LogP contribution in [0, 0.1) is 0 Å². The Bertz CT molecular complexity index is 360. The van der Waals surface area contributed by atoms with Crippen LogP contribution in [0.3, 0.4) is 0 Å². The van der Waals surface area contributed by atoms with Gasteiger partial charge in [0.15, 0.2) is 0 Å². The van der Waals surface area contributed by atoms with Gasteiger partial charge in [0.1, 0.15) is 12.4 Å². The van der Waals surface area contributed by atoms with Crippen molar-refractivity contribution in [3.05, 3.63) is 29.8 Å². The minimum absolute atomic E-state index is 0.678. The van der Waals surface area contributed by atoms with Crippen LogP contribution in [0.25, 0.3) is 0 Å². The smallest absolute Gasteiger partial charge is 0.220 e. The van der Waals surface area contributed by atoms with Crippen molar-refractivity contribution >= 4 is 5.90 Å². The molecule has 0 unspecified atom stereocenters. The standard InChI is InChI=1S/C12H15NO2/c1-2-8-14-11-6-4-3-5-10(11)12-13-7-9-15-12/h3-6H,2,7-9H2,1H3. The SMILES string of the molecule is CCCOc1ccccc1C1=NCCO1. The Balaban J connectivity index is 2.21. The molecule has 3 heteroatoms. The number of hydrogen-bond acceptors (Lipinski definition) is 3. The summed E-state index contributed by atoms with van der Waals surface area (Å²) in [6.07, 6.45) is 1.00. The van der Waals surface area contributed by atoms with E-state index in [1.165, 1.54) is 0 Å². The lowest BCUT2D eigenvalue weighted by molar-refractivity contribution is 0.312. The molecule has 1 aromatic carbocycles. The Kier molecular flexibility index (Phi) is 3.22. The van der Waals surface area contributed by atoms with Crippen LogP contribution in [0.4, 0.5) is 0 Å². The van der Waals surface area contributed by atoms with Gasteiger partial charge in [-0.3, -0.25) is 0 Å². The molecule has 0 amide bonds. The zero-order valence-electron chi connectivity index (χ0n) is 8.90. The number of hydrogen-bond donors (Lipinski definition) is 0. The van der Waals surface area contributed by atoms with Gasteiger partial charge in [0.2, 0.25) is 5.90 Å². The first-order valence-corrected chi connectivity index (χ1v) is 5.31.